The highest BCUT2D eigenvalue weighted by molar-refractivity contribution is 8.00. The summed E-state index contributed by atoms with van der Waals surface area (Å²) in [7, 11) is 0. The fourth-order valence-electron chi connectivity index (χ4n) is 3.11. The first kappa shape index (κ1) is 23.2. The summed E-state index contributed by atoms with van der Waals surface area (Å²) in [4.78, 5) is 40.0. The van der Waals surface area contributed by atoms with Crippen molar-refractivity contribution in [3.8, 4) is 11.3 Å². The van der Waals surface area contributed by atoms with Crippen molar-refractivity contribution in [2.24, 2.45) is 0 Å². The molecule has 2 amide bonds. The van der Waals surface area contributed by atoms with Gasteiger partial charge in [-0.05, 0) is 35.0 Å². The predicted octanol–water partition coefficient (Wildman–Crippen LogP) is 5.27. The first-order chi connectivity index (χ1) is 16.5. The summed E-state index contributed by atoms with van der Waals surface area (Å²) < 4.78 is 0. The molecule has 7 nitrogen and oxygen atoms in total. The standard InChI is InChI=1S/C25H19N3O4S2/c29-22(10-11-24(31)32)26-19-6-3-7-20(13-19)33-15-23(30)28-25-27-21(14-34-25)18-9-8-16-4-1-2-5-17(16)12-18/h1-14H,15H2,(H,26,29)(H,31,32)(H,27,28,30)/b11-10+. The largest absolute Gasteiger partial charge is 0.478 e. The van der Waals surface area contributed by atoms with E-state index in [1.807, 2.05) is 29.6 Å². The highest BCUT2D eigenvalue weighted by Crippen LogP contribution is 2.28. The van der Waals surface area contributed by atoms with Crippen molar-refractivity contribution in [3.63, 3.8) is 0 Å². The molecule has 0 atom stereocenters. The smallest absolute Gasteiger partial charge is 0.328 e. The van der Waals surface area contributed by atoms with Gasteiger partial charge in [0.15, 0.2) is 5.13 Å². The number of thiazole rings is 1. The first-order valence-electron chi connectivity index (χ1n) is 10.2. The van der Waals surface area contributed by atoms with Gasteiger partial charge in [0.25, 0.3) is 0 Å². The number of rotatable bonds is 8. The monoisotopic (exact) mass is 489 g/mol. The molecular formula is C25H19N3O4S2. The number of benzene rings is 3. The van der Waals surface area contributed by atoms with E-state index in [-0.39, 0.29) is 11.7 Å². The molecule has 0 unspecified atom stereocenters. The van der Waals surface area contributed by atoms with Gasteiger partial charge in [-0.25, -0.2) is 9.78 Å². The number of aliphatic carboxylic acids is 1. The third-order valence-electron chi connectivity index (χ3n) is 4.64. The minimum Gasteiger partial charge on any atom is -0.478 e. The summed E-state index contributed by atoms with van der Waals surface area (Å²) in [6, 6.07) is 21.2. The van der Waals surface area contributed by atoms with Crippen LogP contribution in [-0.4, -0.2) is 33.6 Å². The van der Waals surface area contributed by atoms with Gasteiger partial charge in [-0.3, -0.25) is 9.59 Å². The molecule has 1 aromatic heterocycles. The van der Waals surface area contributed by atoms with Gasteiger partial charge < -0.3 is 15.7 Å². The number of fused-ring (bicyclic) bond motifs is 1. The van der Waals surface area contributed by atoms with Gasteiger partial charge in [0.1, 0.15) is 0 Å². The zero-order chi connectivity index (χ0) is 23.9. The minimum absolute atomic E-state index is 0.168. The number of carbonyl (C=O) groups is 3. The number of amides is 2. The molecule has 1 heterocycles. The highest BCUT2D eigenvalue weighted by atomic mass is 32.2. The van der Waals surface area contributed by atoms with Crippen LogP contribution in [0.15, 0.2) is 89.2 Å². The fraction of sp³-hybridized carbons (Fsp3) is 0.0400. The Labute approximate surface area is 203 Å². The van der Waals surface area contributed by atoms with Crippen LogP contribution in [0.25, 0.3) is 22.0 Å². The molecule has 170 valence electrons. The average Bonchev–Trinajstić information content (AvgIpc) is 3.30. The van der Waals surface area contributed by atoms with Crippen molar-refractivity contribution in [1.82, 2.24) is 4.98 Å². The molecule has 0 aliphatic carbocycles. The van der Waals surface area contributed by atoms with Crippen LogP contribution in [0.3, 0.4) is 0 Å². The van der Waals surface area contributed by atoms with Gasteiger partial charge in [-0.1, -0.05) is 42.5 Å². The van der Waals surface area contributed by atoms with Crippen LogP contribution >= 0.6 is 23.1 Å². The number of carboxylic acid groups (broad SMARTS) is 1. The molecule has 4 rings (SSSR count). The fourth-order valence-corrected chi connectivity index (χ4v) is 4.60. The lowest BCUT2D eigenvalue weighted by atomic mass is 10.1. The number of nitrogens with one attached hydrogen (secondary N) is 2. The van der Waals surface area contributed by atoms with E-state index in [9.17, 15) is 14.4 Å². The van der Waals surface area contributed by atoms with Crippen molar-refractivity contribution in [1.29, 1.82) is 0 Å². The first-order valence-corrected chi connectivity index (χ1v) is 12.0. The second-order valence-corrected chi connectivity index (χ2v) is 9.03. The van der Waals surface area contributed by atoms with Crippen LogP contribution in [0.2, 0.25) is 0 Å². The van der Waals surface area contributed by atoms with Crippen LogP contribution in [0, 0.1) is 0 Å². The third kappa shape index (κ3) is 6.31. The number of nitrogens with zero attached hydrogens (tertiary/aromatic N) is 1. The third-order valence-corrected chi connectivity index (χ3v) is 6.40. The summed E-state index contributed by atoms with van der Waals surface area (Å²) in [5.74, 6) is -1.77. The SMILES string of the molecule is O=C(O)/C=C/C(=O)Nc1cccc(SCC(=O)Nc2nc(-c3ccc4ccccc4c3)cs2)c1. The Bertz CT molecular complexity index is 1400. The maximum absolute atomic E-state index is 12.4. The number of aromatic nitrogens is 1. The summed E-state index contributed by atoms with van der Waals surface area (Å²) in [6.07, 6.45) is 1.71. The van der Waals surface area contributed by atoms with Crippen molar-refractivity contribution >= 4 is 62.5 Å². The summed E-state index contributed by atoms with van der Waals surface area (Å²) in [5, 5.41) is 18.7. The van der Waals surface area contributed by atoms with E-state index in [0.29, 0.717) is 10.8 Å². The maximum atomic E-state index is 12.4. The van der Waals surface area contributed by atoms with Crippen molar-refractivity contribution in [2.45, 2.75) is 4.90 Å². The molecule has 9 heteroatoms. The summed E-state index contributed by atoms with van der Waals surface area (Å²) >= 11 is 2.68. The van der Waals surface area contributed by atoms with E-state index >= 15 is 0 Å². The molecule has 0 bridgehead atoms. The lowest BCUT2D eigenvalue weighted by Crippen LogP contribution is -2.13. The zero-order valence-corrected chi connectivity index (χ0v) is 19.4. The summed E-state index contributed by atoms with van der Waals surface area (Å²) in [6.45, 7) is 0. The molecule has 0 aliphatic heterocycles. The van der Waals surface area contributed by atoms with Gasteiger partial charge in [-0.2, -0.15) is 0 Å². The van der Waals surface area contributed by atoms with E-state index in [4.69, 9.17) is 5.11 Å². The van der Waals surface area contributed by atoms with Gasteiger partial charge in [0, 0.05) is 33.7 Å². The zero-order valence-electron chi connectivity index (χ0n) is 17.7. The molecule has 34 heavy (non-hydrogen) atoms. The molecule has 0 saturated heterocycles. The molecule has 3 aromatic carbocycles. The molecular weight excluding hydrogens is 470 g/mol. The quantitative estimate of drug-likeness (QED) is 0.230. The second kappa shape index (κ2) is 10.8. The second-order valence-electron chi connectivity index (χ2n) is 7.13. The number of thioether (sulfide) groups is 1. The number of carbonyl (C=O) groups excluding carboxylic acids is 2. The van der Waals surface area contributed by atoms with Gasteiger partial charge in [-0.15, -0.1) is 23.1 Å². The van der Waals surface area contributed by atoms with Crippen molar-refractivity contribution in [2.75, 3.05) is 16.4 Å². The predicted molar refractivity (Wildman–Crippen MR) is 136 cm³/mol. The Balaban J connectivity index is 1.32. The van der Waals surface area contributed by atoms with Crippen LogP contribution in [0.5, 0.6) is 0 Å². The summed E-state index contributed by atoms with van der Waals surface area (Å²) in [5.41, 5.74) is 2.30. The Morgan fingerprint density at radius 2 is 1.76 bits per heavy atom. The highest BCUT2D eigenvalue weighted by Gasteiger charge is 2.10. The van der Waals surface area contributed by atoms with E-state index in [2.05, 4.69) is 39.9 Å². The van der Waals surface area contributed by atoms with Crippen molar-refractivity contribution < 1.29 is 19.5 Å². The van der Waals surface area contributed by atoms with Crippen LogP contribution < -0.4 is 10.6 Å². The van der Waals surface area contributed by atoms with E-state index < -0.39 is 11.9 Å². The molecule has 0 radical (unpaired) electrons. The van der Waals surface area contributed by atoms with E-state index in [0.717, 1.165) is 39.1 Å². The van der Waals surface area contributed by atoms with E-state index in [1.165, 1.54) is 23.1 Å². The molecule has 4 aromatic rings. The molecule has 3 N–H and O–H groups in total. The van der Waals surface area contributed by atoms with Gasteiger partial charge in [0.2, 0.25) is 11.8 Å². The average molecular weight is 490 g/mol. The normalized spacial score (nSPS) is 10.9. The van der Waals surface area contributed by atoms with E-state index in [1.54, 1.807) is 18.2 Å². The Hall–Kier alpha value is -3.95. The number of hydrogen-bond acceptors (Lipinski definition) is 6. The Morgan fingerprint density at radius 1 is 0.941 bits per heavy atom. The number of hydrogen-bond donors (Lipinski definition) is 3. The van der Waals surface area contributed by atoms with Crippen molar-refractivity contribution in [3.05, 3.63) is 84.3 Å². The van der Waals surface area contributed by atoms with Crippen LogP contribution in [-0.2, 0) is 14.4 Å². The Kier molecular flexibility index (Phi) is 7.36. The van der Waals surface area contributed by atoms with Crippen LogP contribution in [0.1, 0.15) is 0 Å². The van der Waals surface area contributed by atoms with Crippen LogP contribution in [0.4, 0.5) is 10.8 Å². The topological polar surface area (TPSA) is 108 Å². The Morgan fingerprint density at radius 3 is 2.59 bits per heavy atom. The van der Waals surface area contributed by atoms with Gasteiger partial charge in [0.05, 0.1) is 11.4 Å². The molecule has 0 fully saturated rings. The number of anilines is 2. The minimum atomic E-state index is -1.20. The maximum Gasteiger partial charge on any atom is 0.328 e. The lowest BCUT2D eigenvalue weighted by Gasteiger charge is -2.06. The molecule has 0 spiro atoms. The number of carboxylic acids is 1. The lowest BCUT2D eigenvalue weighted by molar-refractivity contribution is -0.131. The van der Waals surface area contributed by atoms with Gasteiger partial charge >= 0.3 is 5.97 Å². The molecule has 0 aliphatic rings. The molecule has 0 saturated carbocycles.